The molecule has 1 aromatic heterocycles. The SMILES string of the molecule is CCn1nc(Cc2ccccc2)cc1C1CCN(CC2CCC(C)C2)CC1. The molecule has 1 saturated carbocycles. The first-order valence-electron chi connectivity index (χ1n) is 11.0. The van der Waals surface area contributed by atoms with E-state index in [1.165, 1.54) is 68.7 Å². The minimum atomic E-state index is 0.681. The molecule has 1 saturated heterocycles. The number of hydrogen-bond acceptors (Lipinski definition) is 2. The van der Waals surface area contributed by atoms with Gasteiger partial charge in [0.1, 0.15) is 0 Å². The van der Waals surface area contributed by atoms with Crippen molar-refractivity contribution in [1.82, 2.24) is 14.7 Å². The third-order valence-electron chi connectivity index (χ3n) is 6.71. The van der Waals surface area contributed by atoms with Crippen molar-refractivity contribution in [3.8, 4) is 0 Å². The van der Waals surface area contributed by atoms with Crippen molar-refractivity contribution in [3.05, 3.63) is 53.3 Å². The van der Waals surface area contributed by atoms with Gasteiger partial charge in [-0.05, 0) is 69.2 Å². The van der Waals surface area contributed by atoms with Crippen molar-refractivity contribution in [2.45, 2.75) is 64.8 Å². The maximum atomic E-state index is 4.91. The van der Waals surface area contributed by atoms with Crippen LogP contribution >= 0.6 is 0 Å². The molecule has 2 unspecified atom stereocenters. The quantitative estimate of drug-likeness (QED) is 0.709. The van der Waals surface area contributed by atoms with Gasteiger partial charge in [0.05, 0.1) is 5.69 Å². The molecule has 2 aliphatic rings. The van der Waals surface area contributed by atoms with Crippen LogP contribution in [0.15, 0.2) is 36.4 Å². The summed E-state index contributed by atoms with van der Waals surface area (Å²) in [4.78, 5) is 2.73. The Balaban J connectivity index is 1.36. The minimum absolute atomic E-state index is 0.681. The van der Waals surface area contributed by atoms with Crippen molar-refractivity contribution >= 4 is 0 Å². The summed E-state index contributed by atoms with van der Waals surface area (Å²) in [6, 6.07) is 13.1. The summed E-state index contributed by atoms with van der Waals surface area (Å²) in [5.74, 6) is 2.59. The molecule has 2 atom stereocenters. The molecule has 2 heterocycles. The van der Waals surface area contributed by atoms with Crippen LogP contribution in [0.5, 0.6) is 0 Å². The van der Waals surface area contributed by atoms with Gasteiger partial charge in [-0.15, -0.1) is 0 Å². The Labute approximate surface area is 164 Å². The molecule has 0 N–H and O–H groups in total. The van der Waals surface area contributed by atoms with Gasteiger partial charge < -0.3 is 4.90 Å². The summed E-state index contributed by atoms with van der Waals surface area (Å²) in [7, 11) is 0. The van der Waals surface area contributed by atoms with Crippen molar-refractivity contribution in [2.24, 2.45) is 11.8 Å². The van der Waals surface area contributed by atoms with E-state index in [9.17, 15) is 0 Å². The zero-order valence-electron chi connectivity index (χ0n) is 17.1. The highest BCUT2D eigenvalue weighted by atomic mass is 15.3. The molecular weight excluding hydrogens is 330 g/mol. The molecule has 3 nitrogen and oxygen atoms in total. The monoisotopic (exact) mass is 365 g/mol. The molecule has 0 spiro atoms. The van der Waals surface area contributed by atoms with E-state index in [1.54, 1.807) is 0 Å². The molecule has 27 heavy (non-hydrogen) atoms. The van der Waals surface area contributed by atoms with E-state index in [0.29, 0.717) is 5.92 Å². The third kappa shape index (κ3) is 4.63. The maximum Gasteiger partial charge on any atom is 0.0671 e. The maximum absolute atomic E-state index is 4.91. The van der Waals surface area contributed by atoms with E-state index in [4.69, 9.17) is 5.10 Å². The fraction of sp³-hybridized carbons (Fsp3) is 0.625. The second-order valence-corrected chi connectivity index (χ2v) is 8.90. The summed E-state index contributed by atoms with van der Waals surface area (Å²) in [6.07, 6.45) is 7.87. The number of piperidine rings is 1. The number of nitrogens with zero attached hydrogens (tertiary/aromatic N) is 3. The fourth-order valence-corrected chi connectivity index (χ4v) is 5.23. The van der Waals surface area contributed by atoms with Gasteiger partial charge >= 0.3 is 0 Å². The Kier molecular flexibility index (Phi) is 5.97. The summed E-state index contributed by atoms with van der Waals surface area (Å²) in [5.41, 5.74) is 4.04. The van der Waals surface area contributed by atoms with Crippen molar-refractivity contribution in [3.63, 3.8) is 0 Å². The molecule has 1 aliphatic heterocycles. The van der Waals surface area contributed by atoms with Crippen molar-refractivity contribution in [1.29, 1.82) is 0 Å². The van der Waals surface area contributed by atoms with Crippen LogP contribution < -0.4 is 0 Å². The lowest BCUT2D eigenvalue weighted by Gasteiger charge is -2.33. The highest BCUT2D eigenvalue weighted by molar-refractivity contribution is 5.24. The average Bonchev–Trinajstić information content (AvgIpc) is 3.29. The molecule has 0 amide bonds. The van der Waals surface area contributed by atoms with Crippen LogP contribution in [0.4, 0.5) is 0 Å². The number of hydrogen-bond donors (Lipinski definition) is 0. The third-order valence-corrected chi connectivity index (χ3v) is 6.71. The minimum Gasteiger partial charge on any atom is -0.303 e. The number of likely N-dealkylation sites (tertiary alicyclic amines) is 1. The lowest BCUT2D eigenvalue weighted by Crippen LogP contribution is -2.36. The number of aromatic nitrogens is 2. The van der Waals surface area contributed by atoms with Crippen LogP contribution in [0, 0.1) is 11.8 Å². The van der Waals surface area contributed by atoms with Gasteiger partial charge in [-0.25, -0.2) is 0 Å². The Morgan fingerprint density at radius 1 is 1.04 bits per heavy atom. The van der Waals surface area contributed by atoms with Crippen LogP contribution in [-0.4, -0.2) is 34.3 Å². The molecule has 146 valence electrons. The van der Waals surface area contributed by atoms with Crippen LogP contribution in [-0.2, 0) is 13.0 Å². The Morgan fingerprint density at radius 3 is 2.48 bits per heavy atom. The second-order valence-electron chi connectivity index (χ2n) is 8.90. The summed E-state index contributed by atoms with van der Waals surface area (Å²) in [6.45, 7) is 9.48. The van der Waals surface area contributed by atoms with Crippen LogP contribution in [0.3, 0.4) is 0 Å². The smallest absolute Gasteiger partial charge is 0.0671 e. The molecule has 1 aliphatic carbocycles. The fourth-order valence-electron chi connectivity index (χ4n) is 5.23. The Morgan fingerprint density at radius 2 is 1.81 bits per heavy atom. The van der Waals surface area contributed by atoms with Crippen LogP contribution in [0.2, 0.25) is 0 Å². The summed E-state index contributed by atoms with van der Waals surface area (Å²) < 4.78 is 2.26. The number of rotatable bonds is 6. The molecule has 3 heteroatoms. The van der Waals surface area contributed by atoms with Gasteiger partial charge in [-0.1, -0.05) is 43.7 Å². The second kappa shape index (κ2) is 8.60. The topological polar surface area (TPSA) is 21.1 Å². The molecule has 0 bridgehead atoms. The Bertz CT molecular complexity index is 712. The lowest BCUT2D eigenvalue weighted by molar-refractivity contribution is 0.179. The average molecular weight is 366 g/mol. The van der Waals surface area contributed by atoms with Gasteiger partial charge in [0.25, 0.3) is 0 Å². The lowest BCUT2D eigenvalue weighted by atomic mass is 9.92. The molecule has 4 rings (SSSR count). The van der Waals surface area contributed by atoms with Gasteiger partial charge in [-0.2, -0.15) is 5.10 Å². The van der Waals surface area contributed by atoms with Gasteiger partial charge in [0.2, 0.25) is 0 Å². The zero-order chi connectivity index (χ0) is 18.6. The van der Waals surface area contributed by atoms with E-state index in [0.717, 1.165) is 24.8 Å². The Hall–Kier alpha value is -1.61. The molecular formula is C24H35N3. The van der Waals surface area contributed by atoms with E-state index in [-0.39, 0.29) is 0 Å². The van der Waals surface area contributed by atoms with Crippen LogP contribution in [0.1, 0.15) is 68.8 Å². The van der Waals surface area contributed by atoms with Gasteiger partial charge in [0.15, 0.2) is 0 Å². The summed E-state index contributed by atoms with van der Waals surface area (Å²) >= 11 is 0. The first-order chi connectivity index (χ1) is 13.2. The number of benzene rings is 1. The standard InChI is InChI=1S/C24H35N3/c1-3-27-24(17-23(25-27)16-20-7-5-4-6-8-20)22-11-13-26(14-12-22)18-21-10-9-19(2)15-21/h4-8,17,19,21-22H,3,9-16,18H2,1-2H3. The van der Waals surface area contributed by atoms with Crippen molar-refractivity contribution < 1.29 is 0 Å². The van der Waals surface area contributed by atoms with E-state index < -0.39 is 0 Å². The molecule has 2 aromatic rings. The van der Waals surface area contributed by atoms with Gasteiger partial charge in [-0.3, -0.25) is 4.68 Å². The molecule has 0 radical (unpaired) electrons. The zero-order valence-corrected chi connectivity index (χ0v) is 17.1. The van der Waals surface area contributed by atoms with E-state index in [1.807, 2.05) is 0 Å². The normalized spacial score (nSPS) is 24.5. The van der Waals surface area contributed by atoms with E-state index >= 15 is 0 Å². The van der Waals surface area contributed by atoms with Gasteiger partial charge in [0, 0.05) is 31.1 Å². The molecule has 2 fully saturated rings. The highest BCUT2D eigenvalue weighted by Crippen LogP contribution is 2.33. The first-order valence-corrected chi connectivity index (χ1v) is 11.0. The van der Waals surface area contributed by atoms with E-state index in [2.05, 4.69) is 59.8 Å². The van der Waals surface area contributed by atoms with Crippen molar-refractivity contribution in [2.75, 3.05) is 19.6 Å². The first kappa shape index (κ1) is 18.7. The summed E-state index contributed by atoms with van der Waals surface area (Å²) in [5, 5.41) is 4.91. The number of aryl methyl sites for hydroxylation is 1. The highest BCUT2D eigenvalue weighted by Gasteiger charge is 2.28. The predicted octanol–water partition coefficient (Wildman–Crippen LogP) is 5.11. The molecule has 1 aromatic carbocycles. The van der Waals surface area contributed by atoms with Crippen LogP contribution in [0.25, 0.3) is 0 Å². The largest absolute Gasteiger partial charge is 0.303 e. The predicted molar refractivity (Wildman–Crippen MR) is 112 cm³/mol.